The molecule has 158 valence electrons. The van der Waals surface area contributed by atoms with Crippen LogP contribution in [0.5, 0.6) is 0 Å². The molecule has 0 spiro atoms. The molecule has 0 aliphatic carbocycles. The van der Waals surface area contributed by atoms with E-state index in [1.165, 1.54) is 0 Å². The van der Waals surface area contributed by atoms with Crippen LogP contribution in [-0.4, -0.2) is 54.4 Å². The molecule has 0 radical (unpaired) electrons. The number of carbonyl (C=O) groups is 1. The number of aromatic amines is 1. The normalized spacial score (nSPS) is 14.8. The Labute approximate surface area is 179 Å². The molecule has 4 aromatic rings. The highest BCUT2D eigenvalue weighted by molar-refractivity contribution is 5.93. The summed E-state index contributed by atoms with van der Waals surface area (Å²) < 4.78 is 1.85. The van der Waals surface area contributed by atoms with Crippen molar-refractivity contribution >= 4 is 22.6 Å². The van der Waals surface area contributed by atoms with Gasteiger partial charge in [0.2, 0.25) is 5.82 Å². The van der Waals surface area contributed by atoms with E-state index < -0.39 is 0 Å². The molecule has 0 bridgehead atoms. The summed E-state index contributed by atoms with van der Waals surface area (Å²) in [6.07, 6.45) is 3.93. The van der Waals surface area contributed by atoms with Gasteiger partial charge in [-0.2, -0.15) is 10.3 Å². The average molecular weight is 416 g/mol. The Morgan fingerprint density at radius 2 is 1.97 bits per heavy atom. The molecule has 3 heterocycles. The maximum Gasteiger partial charge on any atom is 0.321 e. The van der Waals surface area contributed by atoms with Gasteiger partial charge in [-0.15, -0.1) is 10.2 Å². The highest BCUT2D eigenvalue weighted by Gasteiger charge is 2.21. The largest absolute Gasteiger partial charge is 0.325 e. The first-order valence-corrected chi connectivity index (χ1v) is 10.4. The van der Waals surface area contributed by atoms with E-state index in [1.807, 2.05) is 47.1 Å². The number of hydrogen-bond donors (Lipinski definition) is 2. The van der Waals surface area contributed by atoms with Gasteiger partial charge in [0, 0.05) is 36.8 Å². The van der Waals surface area contributed by atoms with Gasteiger partial charge in [-0.1, -0.05) is 19.1 Å². The second kappa shape index (κ2) is 7.82. The van der Waals surface area contributed by atoms with E-state index in [9.17, 15) is 4.79 Å². The van der Waals surface area contributed by atoms with Crippen LogP contribution in [0.4, 0.5) is 10.5 Å². The standard InChI is InChI=1S/C22H24N8O/c1-14-7-9-30(10-8-14)22(31)24-17-4-5-18(19(12-17)21-25-27-28-26-21)15-3-6-20-16(11-15)13-23-29(20)2/h3-6,11-14H,7-10H2,1-2H3,(H,24,31)(H,25,26,27,28). The number of anilines is 1. The first kappa shape index (κ1) is 19.2. The van der Waals surface area contributed by atoms with Crippen molar-refractivity contribution in [1.29, 1.82) is 0 Å². The highest BCUT2D eigenvalue weighted by atomic mass is 16.2. The van der Waals surface area contributed by atoms with Gasteiger partial charge in [0.25, 0.3) is 0 Å². The minimum absolute atomic E-state index is 0.0736. The van der Waals surface area contributed by atoms with Crippen LogP contribution in [0.25, 0.3) is 33.4 Å². The SMILES string of the molecule is CC1CCN(C(=O)Nc2ccc(-c3ccc4c(cnn4C)c3)c(-c3nn[nH]n3)c2)CC1. The fourth-order valence-corrected chi connectivity index (χ4v) is 4.08. The maximum absolute atomic E-state index is 12.7. The third-order valence-electron chi connectivity index (χ3n) is 5.99. The van der Waals surface area contributed by atoms with Gasteiger partial charge in [0.15, 0.2) is 0 Å². The van der Waals surface area contributed by atoms with Gasteiger partial charge in [-0.3, -0.25) is 4.68 Å². The highest BCUT2D eigenvalue weighted by Crippen LogP contribution is 2.34. The van der Waals surface area contributed by atoms with Crippen molar-refractivity contribution in [2.24, 2.45) is 13.0 Å². The summed E-state index contributed by atoms with van der Waals surface area (Å²) in [7, 11) is 1.92. The molecule has 1 fully saturated rings. The summed E-state index contributed by atoms with van der Waals surface area (Å²) in [6, 6.07) is 11.9. The molecule has 1 aliphatic heterocycles. The van der Waals surface area contributed by atoms with Crippen molar-refractivity contribution in [1.82, 2.24) is 35.3 Å². The Morgan fingerprint density at radius 1 is 1.13 bits per heavy atom. The molecule has 2 aromatic heterocycles. The van der Waals surface area contributed by atoms with E-state index in [2.05, 4.69) is 50.1 Å². The number of fused-ring (bicyclic) bond motifs is 1. The third-order valence-corrected chi connectivity index (χ3v) is 5.99. The number of tetrazole rings is 1. The van der Waals surface area contributed by atoms with Crippen molar-refractivity contribution < 1.29 is 4.79 Å². The van der Waals surface area contributed by atoms with Crippen LogP contribution in [-0.2, 0) is 7.05 Å². The topological polar surface area (TPSA) is 105 Å². The van der Waals surface area contributed by atoms with Gasteiger partial charge in [-0.25, -0.2) is 4.79 Å². The van der Waals surface area contributed by atoms with Crippen molar-refractivity contribution in [2.45, 2.75) is 19.8 Å². The number of H-pyrrole nitrogens is 1. The van der Waals surface area contributed by atoms with E-state index in [1.54, 1.807) is 0 Å². The number of amides is 2. The molecule has 2 aromatic carbocycles. The zero-order chi connectivity index (χ0) is 21.4. The average Bonchev–Trinajstić information content (AvgIpc) is 3.44. The summed E-state index contributed by atoms with van der Waals surface area (Å²) in [5.74, 6) is 1.15. The lowest BCUT2D eigenvalue weighted by Gasteiger charge is -2.30. The van der Waals surface area contributed by atoms with Crippen LogP contribution in [0.15, 0.2) is 42.6 Å². The molecule has 9 heteroatoms. The number of likely N-dealkylation sites (tertiary alicyclic amines) is 1. The number of urea groups is 1. The number of benzene rings is 2. The van der Waals surface area contributed by atoms with E-state index in [0.717, 1.165) is 53.5 Å². The quantitative estimate of drug-likeness (QED) is 0.530. The molecule has 5 rings (SSSR count). The van der Waals surface area contributed by atoms with E-state index in [0.29, 0.717) is 17.4 Å². The third kappa shape index (κ3) is 3.74. The first-order chi connectivity index (χ1) is 15.1. The second-order valence-corrected chi connectivity index (χ2v) is 8.14. The molecule has 2 amide bonds. The zero-order valence-corrected chi connectivity index (χ0v) is 17.5. The lowest BCUT2D eigenvalue weighted by Crippen LogP contribution is -2.40. The summed E-state index contributed by atoms with van der Waals surface area (Å²) in [5, 5.41) is 23.0. The Hall–Kier alpha value is -3.75. The monoisotopic (exact) mass is 416 g/mol. The molecule has 1 aliphatic rings. The van der Waals surface area contributed by atoms with Gasteiger partial charge in [0.1, 0.15) is 0 Å². The number of nitrogens with one attached hydrogen (secondary N) is 2. The predicted octanol–water partition coefficient (Wildman–Crippen LogP) is 3.68. The predicted molar refractivity (Wildman–Crippen MR) is 118 cm³/mol. The molecule has 0 unspecified atom stereocenters. The fourth-order valence-electron chi connectivity index (χ4n) is 4.08. The molecule has 9 nitrogen and oxygen atoms in total. The van der Waals surface area contributed by atoms with E-state index in [4.69, 9.17) is 0 Å². The van der Waals surface area contributed by atoms with Crippen LogP contribution in [0.3, 0.4) is 0 Å². The molecular weight excluding hydrogens is 392 g/mol. The van der Waals surface area contributed by atoms with Crippen LogP contribution in [0.2, 0.25) is 0 Å². The van der Waals surface area contributed by atoms with Crippen LogP contribution >= 0.6 is 0 Å². The van der Waals surface area contributed by atoms with Gasteiger partial charge >= 0.3 is 6.03 Å². The zero-order valence-electron chi connectivity index (χ0n) is 17.5. The summed E-state index contributed by atoms with van der Waals surface area (Å²) in [4.78, 5) is 14.6. The maximum atomic E-state index is 12.7. The Balaban J connectivity index is 1.48. The molecule has 0 saturated carbocycles. The van der Waals surface area contributed by atoms with Crippen molar-refractivity contribution in [3.8, 4) is 22.5 Å². The number of aryl methyl sites for hydroxylation is 1. The number of aromatic nitrogens is 6. The van der Waals surface area contributed by atoms with Crippen molar-refractivity contribution in [2.75, 3.05) is 18.4 Å². The van der Waals surface area contributed by atoms with Gasteiger partial charge in [-0.05, 0) is 59.4 Å². The summed E-state index contributed by atoms with van der Waals surface area (Å²) >= 11 is 0. The van der Waals surface area contributed by atoms with E-state index in [-0.39, 0.29) is 6.03 Å². The lowest BCUT2D eigenvalue weighted by molar-refractivity contribution is 0.186. The molecule has 31 heavy (non-hydrogen) atoms. The lowest BCUT2D eigenvalue weighted by atomic mass is 9.97. The number of nitrogens with zero attached hydrogens (tertiary/aromatic N) is 6. The minimum Gasteiger partial charge on any atom is -0.325 e. The number of carbonyl (C=O) groups excluding carboxylic acids is 1. The van der Waals surface area contributed by atoms with Crippen LogP contribution in [0.1, 0.15) is 19.8 Å². The first-order valence-electron chi connectivity index (χ1n) is 10.4. The fraction of sp³-hybridized carbons (Fsp3) is 0.318. The van der Waals surface area contributed by atoms with E-state index >= 15 is 0 Å². The van der Waals surface area contributed by atoms with Crippen molar-refractivity contribution in [3.05, 3.63) is 42.6 Å². The Bertz CT molecular complexity index is 1220. The van der Waals surface area contributed by atoms with Gasteiger partial charge < -0.3 is 10.2 Å². The number of hydrogen-bond acceptors (Lipinski definition) is 5. The molecule has 2 N–H and O–H groups in total. The van der Waals surface area contributed by atoms with Crippen LogP contribution in [0, 0.1) is 5.92 Å². The van der Waals surface area contributed by atoms with Crippen LogP contribution < -0.4 is 5.32 Å². The molecular formula is C22H24N8O. The Kier molecular flexibility index (Phi) is 4.85. The van der Waals surface area contributed by atoms with Crippen molar-refractivity contribution in [3.63, 3.8) is 0 Å². The summed E-state index contributed by atoms with van der Waals surface area (Å²) in [5.41, 5.74) is 4.53. The molecule has 1 saturated heterocycles. The number of piperidine rings is 1. The Morgan fingerprint density at radius 3 is 2.74 bits per heavy atom. The summed E-state index contributed by atoms with van der Waals surface area (Å²) in [6.45, 7) is 3.80. The smallest absolute Gasteiger partial charge is 0.321 e. The minimum atomic E-state index is -0.0736. The number of rotatable bonds is 3. The second-order valence-electron chi connectivity index (χ2n) is 8.14. The molecule has 0 atom stereocenters. The van der Waals surface area contributed by atoms with Gasteiger partial charge in [0.05, 0.1) is 11.7 Å².